The van der Waals surface area contributed by atoms with Crippen LogP contribution in [0, 0.1) is 0 Å². The first-order valence-electron chi connectivity index (χ1n) is 6.18. The van der Waals surface area contributed by atoms with E-state index in [0.29, 0.717) is 10.6 Å². The Bertz CT molecular complexity index is 654. The van der Waals surface area contributed by atoms with E-state index in [0.717, 1.165) is 9.35 Å². The van der Waals surface area contributed by atoms with Crippen LogP contribution in [0.25, 0.3) is 0 Å². The summed E-state index contributed by atoms with van der Waals surface area (Å²) in [6.07, 6.45) is 0. The molecule has 0 saturated carbocycles. The molecule has 1 heterocycles. The predicted molar refractivity (Wildman–Crippen MR) is 87.5 cm³/mol. The number of halogens is 1. The first-order valence-corrected chi connectivity index (χ1v) is 7.79. The van der Waals surface area contributed by atoms with Crippen molar-refractivity contribution < 1.29 is 9.59 Å². The number of rotatable bonds is 4. The lowest BCUT2D eigenvalue weighted by atomic mass is 10.1. The van der Waals surface area contributed by atoms with Crippen LogP contribution in [0.15, 0.2) is 40.2 Å². The summed E-state index contributed by atoms with van der Waals surface area (Å²) >= 11 is 4.72. The van der Waals surface area contributed by atoms with Gasteiger partial charge in [-0.1, -0.05) is 12.1 Å². The number of amides is 3. The Morgan fingerprint density at radius 3 is 2.38 bits per heavy atom. The molecule has 1 aromatic carbocycles. The number of nitrogens with one attached hydrogen (secondary N) is 2. The Hall–Kier alpha value is -1.86. The molecule has 7 heteroatoms. The van der Waals surface area contributed by atoms with Crippen LogP contribution in [0.5, 0.6) is 0 Å². The maximum absolute atomic E-state index is 12.1. The molecule has 0 aliphatic heterocycles. The minimum atomic E-state index is -0.604. The minimum absolute atomic E-state index is 0.113. The monoisotopic (exact) mass is 367 g/mol. The Balaban J connectivity index is 2.01. The van der Waals surface area contributed by atoms with E-state index in [4.69, 9.17) is 5.73 Å². The molecule has 0 saturated heterocycles. The highest BCUT2D eigenvalue weighted by Crippen LogP contribution is 2.23. The molecule has 0 aliphatic rings. The quantitative estimate of drug-likeness (QED) is 0.772. The molecule has 0 radical (unpaired) electrons. The summed E-state index contributed by atoms with van der Waals surface area (Å²) in [6.45, 7) is 1.90. The summed E-state index contributed by atoms with van der Waals surface area (Å²) in [5.41, 5.74) is 6.60. The van der Waals surface area contributed by atoms with Crippen LogP contribution in [0.4, 0.5) is 10.5 Å². The van der Waals surface area contributed by atoms with Gasteiger partial charge in [-0.3, -0.25) is 4.79 Å². The fourth-order valence-electron chi connectivity index (χ4n) is 1.78. The number of thiophene rings is 1. The summed E-state index contributed by atoms with van der Waals surface area (Å²) < 4.78 is 0.919. The zero-order valence-corrected chi connectivity index (χ0v) is 13.6. The molecule has 2 rings (SSSR count). The number of primary amides is 1. The van der Waals surface area contributed by atoms with Crippen LogP contribution in [0.1, 0.15) is 28.2 Å². The smallest absolute Gasteiger partial charge is 0.316 e. The van der Waals surface area contributed by atoms with Gasteiger partial charge in [-0.05, 0) is 52.7 Å². The number of anilines is 1. The summed E-state index contributed by atoms with van der Waals surface area (Å²) in [6, 6.07) is 10.0. The van der Waals surface area contributed by atoms with Crippen molar-refractivity contribution in [3.8, 4) is 0 Å². The number of carbonyl (C=O) groups is 2. The lowest BCUT2D eigenvalue weighted by Crippen LogP contribution is -2.25. The van der Waals surface area contributed by atoms with Gasteiger partial charge in [-0.2, -0.15) is 0 Å². The highest BCUT2D eigenvalue weighted by molar-refractivity contribution is 9.11. The molecule has 2 aromatic rings. The molecule has 110 valence electrons. The van der Waals surface area contributed by atoms with Crippen molar-refractivity contribution in [2.45, 2.75) is 13.0 Å². The summed E-state index contributed by atoms with van der Waals surface area (Å²) in [4.78, 5) is 23.5. The Morgan fingerprint density at radius 1 is 1.19 bits per heavy atom. The van der Waals surface area contributed by atoms with Gasteiger partial charge in [0.25, 0.3) is 5.91 Å². The van der Waals surface area contributed by atoms with E-state index in [9.17, 15) is 9.59 Å². The lowest BCUT2D eigenvalue weighted by Gasteiger charge is -2.14. The van der Waals surface area contributed by atoms with Crippen molar-refractivity contribution >= 4 is 44.9 Å². The molecule has 5 nitrogen and oxygen atoms in total. The zero-order chi connectivity index (χ0) is 15.4. The lowest BCUT2D eigenvalue weighted by molar-refractivity contribution is 0.0944. The second kappa shape index (κ2) is 6.73. The Labute approximate surface area is 134 Å². The topological polar surface area (TPSA) is 84.2 Å². The van der Waals surface area contributed by atoms with Gasteiger partial charge in [0, 0.05) is 5.69 Å². The molecule has 21 heavy (non-hydrogen) atoms. The number of nitrogens with two attached hydrogens (primary N) is 1. The third kappa shape index (κ3) is 4.30. The van der Waals surface area contributed by atoms with E-state index < -0.39 is 6.03 Å². The van der Waals surface area contributed by atoms with Crippen molar-refractivity contribution in [1.29, 1.82) is 0 Å². The molecule has 4 N–H and O–H groups in total. The normalized spacial score (nSPS) is 11.7. The van der Waals surface area contributed by atoms with Gasteiger partial charge in [0.2, 0.25) is 0 Å². The fourth-order valence-corrected chi connectivity index (χ4v) is 3.07. The maximum atomic E-state index is 12.1. The molecule has 0 fully saturated rings. The third-order valence-electron chi connectivity index (χ3n) is 2.82. The van der Waals surface area contributed by atoms with Crippen LogP contribution in [0.3, 0.4) is 0 Å². The average molecular weight is 368 g/mol. The number of urea groups is 1. The van der Waals surface area contributed by atoms with Gasteiger partial charge in [-0.15, -0.1) is 11.3 Å². The van der Waals surface area contributed by atoms with Crippen molar-refractivity contribution in [3.63, 3.8) is 0 Å². The molecule has 0 aliphatic carbocycles. The second-order valence-corrected chi connectivity index (χ2v) is 6.87. The van der Waals surface area contributed by atoms with Crippen LogP contribution in [0.2, 0.25) is 0 Å². The summed E-state index contributed by atoms with van der Waals surface area (Å²) in [7, 11) is 0. The molecule has 1 aromatic heterocycles. The van der Waals surface area contributed by atoms with Crippen LogP contribution in [-0.2, 0) is 0 Å². The standard InChI is InChI=1S/C14H14BrN3O2S/c1-8(17-13(19)11-6-7-12(15)21-11)9-2-4-10(5-3-9)18-14(16)20/h2-8H,1H3,(H,17,19)(H3,16,18,20). The van der Waals surface area contributed by atoms with Crippen LogP contribution in [-0.4, -0.2) is 11.9 Å². The van der Waals surface area contributed by atoms with Gasteiger partial charge in [-0.25, -0.2) is 4.79 Å². The zero-order valence-electron chi connectivity index (χ0n) is 11.2. The van der Waals surface area contributed by atoms with Crippen molar-refractivity contribution in [3.05, 3.63) is 50.6 Å². The largest absolute Gasteiger partial charge is 0.351 e. The van der Waals surface area contributed by atoms with E-state index in [-0.39, 0.29) is 11.9 Å². The van der Waals surface area contributed by atoms with Crippen LogP contribution < -0.4 is 16.4 Å². The van der Waals surface area contributed by atoms with Gasteiger partial charge < -0.3 is 16.4 Å². The fraction of sp³-hybridized carbons (Fsp3) is 0.143. The first-order chi connectivity index (χ1) is 9.95. The highest BCUT2D eigenvalue weighted by atomic mass is 79.9. The first kappa shape index (κ1) is 15.5. The number of hydrogen-bond donors (Lipinski definition) is 3. The maximum Gasteiger partial charge on any atom is 0.316 e. The average Bonchev–Trinajstić information content (AvgIpc) is 2.85. The highest BCUT2D eigenvalue weighted by Gasteiger charge is 2.13. The van der Waals surface area contributed by atoms with Gasteiger partial charge in [0.05, 0.1) is 14.7 Å². The van der Waals surface area contributed by atoms with Gasteiger partial charge in [0.1, 0.15) is 0 Å². The molecule has 1 unspecified atom stereocenters. The van der Waals surface area contributed by atoms with Gasteiger partial charge >= 0.3 is 6.03 Å². The van der Waals surface area contributed by atoms with E-state index in [1.807, 2.05) is 25.1 Å². The van der Waals surface area contributed by atoms with Crippen molar-refractivity contribution in [2.24, 2.45) is 5.73 Å². The van der Waals surface area contributed by atoms with Crippen LogP contribution >= 0.6 is 27.3 Å². The van der Waals surface area contributed by atoms with E-state index >= 15 is 0 Å². The number of hydrogen-bond acceptors (Lipinski definition) is 3. The second-order valence-electron chi connectivity index (χ2n) is 4.41. The predicted octanol–water partition coefficient (Wildman–Crippen LogP) is 3.49. The minimum Gasteiger partial charge on any atom is -0.351 e. The Kier molecular flexibility index (Phi) is 4.98. The molecular formula is C14H14BrN3O2S. The summed E-state index contributed by atoms with van der Waals surface area (Å²) in [5, 5.41) is 5.41. The molecule has 0 spiro atoms. The molecule has 0 bridgehead atoms. The Morgan fingerprint density at radius 2 is 1.86 bits per heavy atom. The van der Waals surface area contributed by atoms with Crippen molar-refractivity contribution in [1.82, 2.24) is 5.32 Å². The molecular weight excluding hydrogens is 354 g/mol. The summed E-state index contributed by atoms with van der Waals surface area (Å²) in [5.74, 6) is -0.113. The molecule has 3 amide bonds. The number of carbonyl (C=O) groups excluding carboxylic acids is 2. The third-order valence-corrected chi connectivity index (χ3v) is 4.45. The van der Waals surface area contributed by atoms with Gasteiger partial charge in [0.15, 0.2) is 0 Å². The van der Waals surface area contributed by atoms with E-state index in [2.05, 4.69) is 26.6 Å². The van der Waals surface area contributed by atoms with E-state index in [1.165, 1.54) is 11.3 Å². The number of benzene rings is 1. The molecule has 1 atom stereocenters. The SMILES string of the molecule is CC(NC(=O)c1ccc(Br)s1)c1ccc(NC(N)=O)cc1. The van der Waals surface area contributed by atoms with Crippen molar-refractivity contribution in [2.75, 3.05) is 5.32 Å². The van der Waals surface area contributed by atoms with E-state index in [1.54, 1.807) is 18.2 Å².